The fourth-order valence-corrected chi connectivity index (χ4v) is 3.07. The molecule has 0 heterocycles. The maximum atomic E-state index is 11.6. The van der Waals surface area contributed by atoms with Crippen molar-refractivity contribution in [3.8, 4) is 0 Å². The van der Waals surface area contributed by atoms with Crippen LogP contribution in [0.15, 0.2) is 43.0 Å². The summed E-state index contributed by atoms with van der Waals surface area (Å²) >= 11 is 0. The highest BCUT2D eigenvalue weighted by atomic mass is 28.3. The van der Waals surface area contributed by atoms with E-state index in [4.69, 9.17) is 0 Å². The van der Waals surface area contributed by atoms with Crippen LogP contribution in [-0.2, 0) is 4.79 Å². The molecule has 0 spiro atoms. The minimum Gasteiger partial charge on any atom is -0.300 e. The number of allylic oxidation sites excluding steroid dienone is 1. The lowest BCUT2D eigenvalue weighted by Gasteiger charge is -2.18. The molecule has 2 heteroatoms. The van der Waals surface area contributed by atoms with Gasteiger partial charge in [0.1, 0.15) is 5.41 Å². The Morgan fingerprint density at radius 2 is 1.85 bits per heavy atom. The Balaban J connectivity index is 3.07. The summed E-state index contributed by atoms with van der Waals surface area (Å²) in [6, 6.07) is 9.95. The van der Waals surface area contributed by atoms with Crippen LogP contribution in [0.25, 0.3) is 0 Å². The van der Waals surface area contributed by atoms with E-state index in [2.05, 4.69) is 6.58 Å². The van der Waals surface area contributed by atoms with E-state index >= 15 is 0 Å². The summed E-state index contributed by atoms with van der Waals surface area (Å²) in [5, 5.41) is 1.36. The van der Waals surface area contributed by atoms with Gasteiger partial charge in [0.2, 0.25) is 0 Å². The lowest BCUT2D eigenvalue weighted by molar-refractivity contribution is -0.108. The summed E-state index contributed by atoms with van der Waals surface area (Å²) in [6.07, 6.45) is 1.44. The van der Waals surface area contributed by atoms with Crippen LogP contribution >= 0.6 is 0 Å². The van der Waals surface area contributed by atoms with E-state index in [-0.39, 0.29) is 5.41 Å². The van der Waals surface area contributed by atoms with Gasteiger partial charge in [0.05, 0.1) is 0 Å². The molecule has 0 saturated carbocycles. The van der Waals surface area contributed by atoms with Gasteiger partial charge in [-0.2, -0.15) is 0 Å². The Morgan fingerprint density at radius 3 is 2.31 bits per heavy atom. The van der Waals surface area contributed by atoms with E-state index in [1.165, 1.54) is 11.3 Å². The number of rotatable bonds is 3. The maximum Gasteiger partial charge on any atom is 0.162 e. The SMILES string of the molecule is C=CC(=O)[Si](C)(C)c1ccccc1. The fraction of sp³-hybridized carbons (Fsp3) is 0.182. The van der Waals surface area contributed by atoms with Crippen molar-refractivity contribution >= 4 is 18.7 Å². The second-order valence-electron chi connectivity index (χ2n) is 3.56. The summed E-state index contributed by atoms with van der Waals surface area (Å²) in [7, 11) is -1.94. The number of hydrogen-bond donors (Lipinski definition) is 0. The van der Waals surface area contributed by atoms with Crippen molar-refractivity contribution in [2.24, 2.45) is 0 Å². The Kier molecular flexibility index (Phi) is 2.83. The summed E-state index contributed by atoms with van der Waals surface area (Å²) in [6.45, 7) is 7.63. The third-order valence-corrected chi connectivity index (χ3v) is 5.51. The van der Waals surface area contributed by atoms with Crippen LogP contribution in [0.1, 0.15) is 0 Å². The highest BCUT2D eigenvalue weighted by Gasteiger charge is 2.29. The molecule has 1 rings (SSSR count). The molecule has 0 N–H and O–H groups in total. The van der Waals surface area contributed by atoms with Gasteiger partial charge in [-0.05, 0) is 6.08 Å². The summed E-state index contributed by atoms with van der Waals surface area (Å²) in [5.41, 5.74) is 0. The van der Waals surface area contributed by atoms with Gasteiger partial charge in [0, 0.05) is 0 Å². The molecule has 0 bridgehead atoms. The van der Waals surface area contributed by atoms with E-state index < -0.39 is 8.07 Å². The van der Waals surface area contributed by atoms with Crippen LogP contribution in [0.5, 0.6) is 0 Å². The zero-order valence-electron chi connectivity index (χ0n) is 8.08. The van der Waals surface area contributed by atoms with Crippen LogP contribution in [-0.4, -0.2) is 13.5 Å². The van der Waals surface area contributed by atoms with Crippen LogP contribution in [0.2, 0.25) is 13.1 Å². The Morgan fingerprint density at radius 1 is 1.31 bits per heavy atom. The normalized spacial score (nSPS) is 10.9. The average molecular weight is 190 g/mol. The molecule has 0 amide bonds. The van der Waals surface area contributed by atoms with Crippen molar-refractivity contribution in [1.82, 2.24) is 0 Å². The quantitative estimate of drug-likeness (QED) is 0.525. The van der Waals surface area contributed by atoms with E-state index in [1.54, 1.807) is 0 Å². The van der Waals surface area contributed by atoms with E-state index in [0.717, 1.165) is 0 Å². The van der Waals surface area contributed by atoms with E-state index in [9.17, 15) is 4.79 Å². The summed E-state index contributed by atoms with van der Waals surface area (Å²) in [4.78, 5) is 11.6. The topological polar surface area (TPSA) is 17.1 Å². The molecule has 0 saturated heterocycles. The first-order valence-corrected chi connectivity index (χ1v) is 7.31. The van der Waals surface area contributed by atoms with Gasteiger partial charge in [-0.15, -0.1) is 0 Å². The van der Waals surface area contributed by atoms with Gasteiger partial charge in [-0.25, -0.2) is 0 Å². The third kappa shape index (κ3) is 1.95. The molecule has 1 aromatic rings. The molecular formula is C11H14OSi. The molecule has 0 atom stereocenters. The molecule has 1 nitrogen and oxygen atoms in total. The summed E-state index contributed by atoms with van der Waals surface area (Å²) < 4.78 is 0. The largest absolute Gasteiger partial charge is 0.300 e. The van der Waals surface area contributed by atoms with Gasteiger partial charge in [0.25, 0.3) is 0 Å². The minimum absolute atomic E-state index is 0.193. The Labute approximate surface area is 80.1 Å². The molecule has 0 radical (unpaired) electrons. The van der Waals surface area contributed by atoms with Gasteiger partial charge < -0.3 is 4.79 Å². The fourth-order valence-electron chi connectivity index (χ4n) is 1.25. The van der Waals surface area contributed by atoms with Crippen molar-refractivity contribution in [2.75, 3.05) is 0 Å². The Hall–Kier alpha value is -1.15. The van der Waals surface area contributed by atoms with Crippen LogP contribution < -0.4 is 5.19 Å². The molecule has 0 aliphatic carbocycles. The second-order valence-corrected chi connectivity index (χ2v) is 7.88. The molecule has 1 aromatic carbocycles. The van der Waals surface area contributed by atoms with Crippen LogP contribution in [0.3, 0.4) is 0 Å². The average Bonchev–Trinajstić information content (AvgIpc) is 2.18. The predicted molar refractivity (Wildman–Crippen MR) is 58.8 cm³/mol. The standard InChI is InChI=1S/C11H14OSi/c1-4-11(12)13(2,3)10-8-6-5-7-9-10/h4-9H,1H2,2-3H3. The van der Waals surface area contributed by atoms with Crippen molar-refractivity contribution in [1.29, 1.82) is 0 Å². The number of hydrogen-bond acceptors (Lipinski definition) is 1. The van der Waals surface area contributed by atoms with Crippen molar-refractivity contribution in [2.45, 2.75) is 13.1 Å². The third-order valence-electron chi connectivity index (χ3n) is 2.30. The van der Waals surface area contributed by atoms with Gasteiger partial charge >= 0.3 is 0 Å². The zero-order valence-corrected chi connectivity index (χ0v) is 9.08. The van der Waals surface area contributed by atoms with Crippen LogP contribution in [0.4, 0.5) is 0 Å². The highest BCUT2D eigenvalue weighted by Crippen LogP contribution is 2.04. The molecule has 0 aliphatic rings. The predicted octanol–water partition coefficient (Wildman–Crippen LogP) is 1.90. The number of benzene rings is 1. The van der Waals surface area contributed by atoms with Gasteiger partial charge in [0.15, 0.2) is 8.07 Å². The minimum atomic E-state index is -1.94. The van der Waals surface area contributed by atoms with Crippen LogP contribution in [0, 0.1) is 0 Å². The number of carbonyl (C=O) groups is 1. The van der Waals surface area contributed by atoms with E-state index in [0.29, 0.717) is 0 Å². The summed E-state index contributed by atoms with van der Waals surface area (Å²) in [5.74, 6) is 0. The molecule has 0 unspecified atom stereocenters. The molecule has 0 fully saturated rings. The monoisotopic (exact) mass is 190 g/mol. The molecular weight excluding hydrogens is 176 g/mol. The lowest BCUT2D eigenvalue weighted by Crippen LogP contribution is -2.48. The molecule has 0 aliphatic heterocycles. The highest BCUT2D eigenvalue weighted by molar-refractivity contribution is 7.14. The number of carbonyl (C=O) groups excluding carboxylic acids is 1. The van der Waals surface area contributed by atoms with Crippen molar-refractivity contribution in [3.63, 3.8) is 0 Å². The second kappa shape index (κ2) is 3.71. The maximum absolute atomic E-state index is 11.6. The molecule has 0 aromatic heterocycles. The first-order valence-electron chi connectivity index (χ1n) is 4.31. The van der Waals surface area contributed by atoms with E-state index in [1.807, 2.05) is 43.4 Å². The Bertz CT molecular complexity index is 314. The van der Waals surface area contributed by atoms with Crippen molar-refractivity contribution < 1.29 is 4.79 Å². The van der Waals surface area contributed by atoms with Crippen molar-refractivity contribution in [3.05, 3.63) is 43.0 Å². The smallest absolute Gasteiger partial charge is 0.162 e. The zero-order chi connectivity index (χ0) is 9.90. The first-order chi connectivity index (χ1) is 6.09. The van der Waals surface area contributed by atoms with Gasteiger partial charge in [-0.3, -0.25) is 0 Å². The first kappa shape index (κ1) is 9.93. The lowest BCUT2D eigenvalue weighted by atomic mass is 10.4. The molecule has 68 valence electrons. The molecule has 13 heavy (non-hydrogen) atoms. The van der Waals surface area contributed by atoms with Gasteiger partial charge in [-0.1, -0.05) is 55.2 Å².